The lowest BCUT2D eigenvalue weighted by Gasteiger charge is -2.11. The van der Waals surface area contributed by atoms with Crippen LogP contribution in [0.2, 0.25) is 0 Å². The maximum absolute atomic E-state index is 12.3. The van der Waals surface area contributed by atoms with Gasteiger partial charge in [0.25, 0.3) is 5.91 Å². The van der Waals surface area contributed by atoms with Gasteiger partial charge in [0.2, 0.25) is 0 Å². The molecule has 0 atom stereocenters. The van der Waals surface area contributed by atoms with Crippen LogP contribution in [0, 0.1) is 5.92 Å². The molecule has 0 radical (unpaired) electrons. The average Bonchev–Trinajstić information content (AvgIpc) is 2.56. The van der Waals surface area contributed by atoms with Gasteiger partial charge in [0.1, 0.15) is 11.4 Å². The van der Waals surface area contributed by atoms with Crippen molar-refractivity contribution in [3.05, 3.63) is 48.3 Å². The molecule has 0 fully saturated rings. The number of rotatable bonds is 8. The molecule has 2 rings (SSSR count). The van der Waals surface area contributed by atoms with Gasteiger partial charge in [-0.2, -0.15) is 0 Å². The molecule has 25 heavy (non-hydrogen) atoms. The van der Waals surface area contributed by atoms with Crippen molar-refractivity contribution in [2.24, 2.45) is 5.92 Å². The van der Waals surface area contributed by atoms with Crippen LogP contribution in [0.25, 0.3) is 0 Å². The summed E-state index contributed by atoms with van der Waals surface area (Å²) in [5.74, 6) is 1.21. The molecule has 0 unspecified atom stereocenters. The summed E-state index contributed by atoms with van der Waals surface area (Å²) in [7, 11) is 0. The molecular formula is C20H27N3O2. The minimum Gasteiger partial charge on any atom is -0.491 e. The predicted molar refractivity (Wildman–Crippen MR) is 102 cm³/mol. The summed E-state index contributed by atoms with van der Waals surface area (Å²) in [4.78, 5) is 16.5. The first kappa shape index (κ1) is 18.8. The van der Waals surface area contributed by atoms with E-state index in [1.807, 2.05) is 44.2 Å². The van der Waals surface area contributed by atoms with Crippen LogP contribution in [0.5, 0.6) is 5.75 Å². The number of nitrogens with zero attached hydrogens (tertiary/aromatic N) is 1. The van der Waals surface area contributed by atoms with E-state index in [9.17, 15) is 4.79 Å². The van der Waals surface area contributed by atoms with E-state index in [1.54, 1.807) is 12.3 Å². The number of anilines is 2. The summed E-state index contributed by atoms with van der Waals surface area (Å²) in [6.07, 6.45) is 2.91. The number of carbonyl (C=O) groups excluding carboxylic acids is 1. The Balaban J connectivity index is 1.89. The normalized spacial score (nSPS) is 10.8. The molecule has 1 aromatic heterocycles. The second-order valence-electron chi connectivity index (χ2n) is 6.69. The molecule has 0 saturated carbocycles. The van der Waals surface area contributed by atoms with Crippen LogP contribution in [0.15, 0.2) is 42.6 Å². The molecule has 0 aliphatic rings. The second kappa shape index (κ2) is 9.06. The van der Waals surface area contributed by atoms with Crippen molar-refractivity contribution in [1.29, 1.82) is 0 Å². The first-order valence-electron chi connectivity index (χ1n) is 8.72. The van der Waals surface area contributed by atoms with Gasteiger partial charge in [-0.15, -0.1) is 0 Å². The van der Waals surface area contributed by atoms with Crippen molar-refractivity contribution in [2.45, 2.75) is 40.2 Å². The number of hydrogen-bond acceptors (Lipinski definition) is 4. The van der Waals surface area contributed by atoms with E-state index in [4.69, 9.17) is 4.74 Å². The Morgan fingerprint density at radius 1 is 1.04 bits per heavy atom. The van der Waals surface area contributed by atoms with Crippen LogP contribution in [0.3, 0.4) is 0 Å². The number of hydrogen-bond donors (Lipinski definition) is 2. The lowest BCUT2D eigenvalue weighted by molar-refractivity contribution is 0.102. The van der Waals surface area contributed by atoms with Crippen molar-refractivity contribution < 1.29 is 9.53 Å². The Labute approximate surface area is 149 Å². The van der Waals surface area contributed by atoms with Crippen LogP contribution in [0.4, 0.5) is 11.4 Å². The average molecular weight is 341 g/mol. The lowest BCUT2D eigenvalue weighted by Crippen LogP contribution is -2.14. The molecule has 0 spiro atoms. The summed E-state index contributed by atoms with van der Waals surface area (Å²) in [5, 5.41) is 6.14. The van der Waals surface area contributed by atoms with Gasteiger partial charge in [-0.1, -0.05) is 13.8 Å². The Kier molecular flexibility index (Phi) is 6.81. The fourth-order valence-corrected chi connectivity index (χ4v) is 2.22. The Hall–Kier alpha value is -2.56. The van der Waals surface area contributed by atoms with E-state index < -0.39 is 0 Å². The number of ether oxygens (including phenoxy) is 1. The van der Waals surface area contributed by atoms with E-state index in [-0.39, 0.29) is 12.0 Å². The molecule has 1 heterocycles. The fourth-order valence-electron chi connectivity index (χ4n) is 2.22. The zero-order valence-electron chi connectivity index (χ0n) is 15.4. The van der Waals surface area contributed by atoms with Crippen molar-refractivity contribution in [1.82, 2.24) is 4.98 Å². The van der Waals surface area contributed by atoms with Gasteiger partial charge in [-0.05, 0) is 62.6 Å². The van der Waals surface area contributed by atoms with Gasteiger partial charge in [-0.3, -0.25) is 4.79 Å². The van der Waals surface area contributed by atoms with Crippen LogP contribution < -0.4 is 15.4 Å². The molecule has 1 aromatic carbocycles. The molecule has 2 aromatic rings. The monoisotopic (exact) mass is 341 g/mol. The predicted octanol–water partition coefficient (Wildman–Crippen LogP) is 4.58. The van der Waals surface area contributed by atoms with Crippen molar-refractivity contribution in [3.8, 4) is 5.75 Å². The van der Waals surface area contributed by atoms with E-state index >= 15 is 0 Å². The highest BCUT2D eigenvalue weighted by molar-refractivity contribution is 6.02. The standard InChI is InChI=1S/C20H27N3O2/c1-14(2)11-12-21-17-7-10-19(22-13-17)20(24)23-16-5-8-18(9-6-16)25-15(3)4/h5-10,13-15,21H,11-12H2,1-4H3,(H,23,24). The SMILES string of the molecule is CC(C)CCNc1ccc(C(=O)Nc2ccc(OC(C)C)cc2)nc1. The van der Waals surface area contributed by atoms with Gasteiger partial charge >= 0.3 is 0 Å². The molecule has 0 aliphatic carbocycles. The van der Waals surface area contributed by atoms with Gasteiger partial charge in [-0.25, -0.2) is 4.98 Å². The van der Waals surface area contributed by atoms with E-state index in [0.29, 0.717) is 17.3 Å². The third-order valence-electron chi connectivity index (χ3n) is 3.53. The highest BCUT2D eigenvalue weighted by Crippen LogP contribution is 2.17. The summed E-state index contributed by atoms with van der Waals surface area (Å²) in [6.45, 7) is 9.23. The topological polar surface area (TPSA) is 63.2 Å². The molecule has 0 saturated heterocycles. The third kappa shape index (κ3) is 6.45. The first-order valence-corrected chi connectivity index (χ1v) is 8.72. The minimum absolute atomic E-state index is 0.123. The molecule has 0 aliphatic heterocycles. The van der Waals surface area contributed by atoms with Gasteiger partial charge in [0.05, 0.1) is 18.0 Å². The summed E-state index contributed by atoms with van der Waals surface area (Å²) in [5.41, 5.74) is 2.02. The zero-order valence-corrected chi connectivity index (χ0v) is 15.4. The van der Waals surface area contributed by atoms with Crippen LogP contribution in [-0.2, 0) is 0 Å². The maximum atomic E-state index is 12.3. The van der Waals surface area contributed by atoms with E-state index in [1.165, 1.54) is 0 Å². The molecular weight excluding hydrogens is 314 g/mol. The smallest absolute Gasteiger partial charge is 0.274 e. The van der Waals surface area contributed by atoms with Crippen LogP contribution >= 0.6 is 0 Å². The van der Waals surface area contributed by atoms with Crippen molar-refractivity contribution in [3.63, 3.8) is 0 Å². The lowest BCUT2D eigenvalue weighted by atomic mass is 10.1. The number of amides is 1. The Morgan fingerprint density at radius 3 is 2.28 bits per heavy atom. The summed E-state index contributed by atoms with van der Waals surface area (Å²) >= 11 is 0. The summed E-state index contributed by atoms with van der Waals surface area (Å²) in [6, 6.07) is 10.9. The fraction of sp³-hybridized carbons (Fsp3) is 0.400. The Bertz CT molecular complexity index is 664. The molecule has 2 N–H and O–H groups in total. The molecule has 134 valence electrons. The van der Waals surface area contributed by atoms with Crippen molar-refractivity contribution in [2.75, 3.05) is 17.2 Å². The van der Waals surface area contributed by atoms with Crippen molar-refractivity contribution >= 4 is 17.3 Å². The molecule has 5 heteroatoms. The molecule has 1 amide bonds. The minimum atomic E-state index is -0.230. The summed E-state index contributed by atoms with van der Waals surface area (Å²) < 4.78 is 5.59. The van der Waals surface area contributed by atoms with Crippen LogP contribution in [-0.4, -0.2) is 23.5 Å². The van der Waals surface area contributed by atoms with Gasteiger partial charge in [0.15, 0.2) is 0 Å². The van der Waals surface area contributed by atoms with E-state index in [0.717, 1.165) is 24.4 Å². The second-order valence-corrected chi connectivity index (χ2v) is 6.69. The maximum Gasteiger partial charge on any atom is 0.274 e. The number of carbonyl (C=O) groups is 1. The number of benzene rings is 1. The number of pyridine rings is 1. The molecule has 5 nitrogen and oxygen atoms in total. The Morgan fingerprint density at radius 2 is 1.72 bits per heavy atom. The largest absolute Gasteiger partial charge is 0.491 e. The zero-order chi connectivity index (χ0) is 18.2. The first-order chi connectivity index (χ1) is 11.9. The van der Waals surface area contributed by atoms with Gasteiger partial charge < -0.3 is 15.4 Å². The highest BCUT2D eigenvalue weighted by atomic mass is 16.5. The number of aromatic nitrogens is 1. The van der Waals surface area contributed by atoms with E-state index in [2.05, 4.69) is 29.5 Å². The quantitative estimate of drug-likeness (QED) is 0.738. The highest BCUT2D eigenvalue weighted by Gasteiger charge is 2.08. The molecule has 0 bridgehead atoms. The van der Waals surface area contributed by atoms with Crippen LogP contribution in [0.1, 0.15) is 44.6 Å². The third-order valence-corrected chi connectivity index (χ3v) is 3.53. The number of nitrogens with one attached hydrogen (secondary N) is 2. The van der Waals surface area contributed by atoms with Gasteiger partial charge in [0, 0.05) is 12.2 Å².